The molecule has 3 amide bonds. The maximum atomic E-state index is 14.1. The molecule has 2 aliphatic rings. The van der Waals surface area contributed by atoms with Crippen LogP contribution in [0, 0.1) is 5.92 Å². The lowest BCUT2D eigenvalue weighted by Crippen LogP contribution is -2.58. The third kappa shape index (κ3) is 6.70. The molecule has 214 valence electrons. The van der Waals surface area contributed by atoms with E-state index in [-0.39, 0.29) is 42.3 Å². The quantitative estimate of drug-likeness (QED) is 0.393. The molecule has 0 unspecified atom stereocenters. The Kier molecular flexibility index (Phi) is 9.93. The molecule has 0 spiro atoms. The second kappa shape index (κ2) is 13.6. The summed E-state index contributed by atoms with van der Waals surface area (Å²) in [6, 6.07) is 17.0. The molecule has 9 heteroatoms. The normalized spacial score (nSPS) is 23.2. The van der Waals surface area contributed by atoms with E-state index in [2.05, 4.69) is 16.0 Å². The van der Waals surface area contributed by atoms with Crippen LogP contribution in [-0.4, -0.2) is 66.4 Å². The standard InChI is InChI=1S/C31H40N4O5/c1-4-25(32-3)29(37)34-28-23(19-40-20(2)36)15-16-24-17-18-26(35(24)31(28)39)30(38)33-27(21-11-7-5-8-12-21)22-13-9-6-10-14-22/h5-14,23-28,32H,4,15-19H2,1-3H3,(H,33,38)(H,34,37)/t23-,24+,25+,26+,28+/m1/s1. The number of hydrogen-bond donors (Lipinski definition) is 3. The van der Waals surface area contributed by atoms with E-state index in [1.54, 1.807) is 11.9 Å². The summed E-state index contributed by atoms with van der Waals surface area (Å²) in [7, 11) is 1.70. The molecule has 2 aromatic carbocycles. The van der Waals surface area contributed by atoms with E-state index in [1.165, 1.54) is 6.92 Å². The zero-order chi connectivity index (χ0) is 28.6. The zero-order valence-electron chi connectivity index (χ0n) is 23.5. The predicted octanol–water partition coefficient (Wildman–Crippen LogP) is 2.71. The summed E-state index contributed by atoms with van der Waals surface area (Å²) in [6.07, 6.45) is 3.04. The molecule has 0 bridgehead atoms. The van der Waals surface area contributed by atoms with Crippen LogP contribution in [0.1, 0.15) is 63.1 Å². The van der Waals surface area contributed by atoms with Crippen molar-refractivity contribution in [3.8, 4) is 0 Å². The van der Waals surface area contributed by atoms with Crippen molar-refractivity contribution >= 4 is 23.7 Å². The van der Waals surface area contributed by atoms with Crippen LogP contribution in [0.2, 0.25) is 0 Å². The van der Waals surface area contributed by atoms with Gasteiger partial charge < -0.3 is 25.6 Å². The van der Waals surface area contributed by atoms with Crippen molar-refractivity contribution in [3.05, 3.63) is 71.8 Å². The smallest absolute Gasteiger partial charge is 0.302 e. The Morgan fingerprint density at radius 1 is 0.950 bits per heavy atom. The Balaban J connectivity index is 1.59. The first-order chi connectivity index (χ1) is 19.3. The SMILES string of the molecule is CC[C@H](NC)C(=O)N[C@@H]1C(=O)N2[C@@H](CC[C@@H]1COC(C)=O)CC[C@H]2C(=O)NC(c1ccccc1)c1ccccc1. The van der Waals surface area contributed by atoms with E-state index >= 15 is 0 Å². The van der Waals surface area contributed by atoms with Gasteiger partial charge in [-0.15, -0.1) is 0 Å². The van der Waals surface area contributed by atoms with Gasteiger partial charge in [-0.25, -0.2) is 0 Å². The Labute approximate surface area is 236 Å². The van der Waals surface area contributed by atoms with Gasteiger partial charge in [0.15, 0.2) is 0 Å². The lowest BCUT2D eigenvalue weighted by molar-refractivity contribution is -0.147. The van der Waals surface area contributed by atoms with Gasteiger partial charge in [0.05, 0.1) is 18.7 Å². The van der Waals surface area contributed by atoms with E-state index in [0.29, 0.717) is 32.1 Å². The molecule has 0 saturated carbocycles. The molecular formula is C31H40N4O5. The highest BCUT2D eigenvalue weighted by molar-refractivity contribution is 5.94. The summed E-state index contributed by atoms with van der Waals surface area (Å²) in [5, 5.41) is 9.12. The third-order valence-electron chi connectivity index (χ3n) is 8.09. The topological polar surface area (TPSA) is 117 Å². The van der Waals surface area contributed by atoms with Crippen LogP contribution in [0.5, 0.6) is 0 Å². The second-order valence-corrected chi connectivity index (χ2v) is 10.6. The molecule has 4 rings (SSSR count). The van der Waals surface area contributed by atoms with Crippen LogP contribution >= 0.6 is 0 Å². The number of likely N-dealkylation sites (N-methyl/N-ethyl adjacent to an activating group) is 1. The molecule has 5 atom stereocenters. The summed E-state index contributed by atoms with van der Waals surface area (Å²) in [5.41, 5.74) is 1.89. The zero-order valence-corrected chi connectivity index (χ0v) is 23.5. The van der Waals surface area contributed by atoms with Gasteiger partial charge in [0, 0.05) is 18.9 Å². The molecule has 0 aromatic heterocycles. The van der Waals surface area contributed by atoms with Gasteiger partial charge in [-0.2, -0.15) is 0 Å². The van der Waals surface area contributed by atoms with Crippen LogP contribution in [0.4, 0.5) is 0 Å². The number of nitrogens with one attached hydrogen (secondary N) is 3. The first-order valence-electron chi connectivity index (χ1n) is 14.2. The van der Waals surface area contributed by atoms with Gasteiger partial charge in [0.1, 0.15) is 12.1 Å². The van der Waals surface area contributed by atoms with Gasteiger partial charge in [-0.3, -0.25) is 19.2 Å². The maximum Gasteiger partial charge on any atom is 0.302 e. The fourth-order valence-electron chi connectivity index (χ4n) is 5.94. The first-order valence-corrected chi connectivity index (χ1v) is 14.2. The highest BCUT2D eigenvalue weighted by Gasteiger charge is 2.48. The van der Waals surface area contributed by atoms with Crippen molar-refractivity contribution < 1.29 is 23.9 Å². The average Bonchev–Trinajstić information content (AvgIpc) is 3.35. The number of esters is 1. The first kappa shape index (κ1) is 29.3. The number of ether oxygens (including phenoxy) is 1. The minimum absolute atomic E-state index is 0.0316. The van der Waals surface area contributed by atoms with Gasteiger partial charge in [0.2, 0.25) is 17.7 Å². The lowest BCUT2D eigenvalue weighted by Gasteiger charge is -2.33. The number of benzene rings is 2. The largest absolute Gasteiger partial charge is 0.465 e. The highest BCUT2D eigenvalue weighted by Crippen LogP contribution is 2.35. The molecule has 9 nitrogen and oxygen atoms in total. The highest BCUT2D eigenvalue weighted by atomic mass is 16.5. The second-order valence-electron chi connectivity index (χ2n) is 10.6. The fraction of sp³-hybridized carbons (Fsp3) is 0.484. The summed E-state index contributed by atoms with van der Waals surface area (Å²) < 4.78 is 5.30. The summed E-state index contributed by atoms with van der Waals surface area (Å²) >= 11 is 0. The van der Waals surface area contributed by atoms with Crippen molar-refractivity contribution in [1.82, 2.24) is 20.9 Å². The van der Waals surface area contributed by atoms with Crippen molar-refractivity contribution in [2.45, 2.75) is 76.2 Å². The average molecular weight is 549 g/mol. The number of fused-ring (bicyclic) bond motifs is 1. The minimum Gasteiger partial charge on any atom is -0.465 e. The van der Waals surface area contributed by atoms with E-state index in [4.69, 9.17) is 4.74 Å². The lowest BCUT2D eigenvalue weighted by atomic mass is 9.93. The van der Waals surface area contributed by atoms with Crippen LogP contribution in [0.15, 0.2) is 60.7 Å². The number of nitrogens with zero attached hydrogens (tertiary/aromatic N) is 1. The van der Waals surface area contributed by atoms with Gasteiger partial charge in [0.25, 0.3) is 0 Å². The molecular weight excluding hydrogens is 508 g/mol. The van der Waals surface area contributed by atoms with Crippen molar-refractivity contribution in [3.63, 3.8) is 0 Å². The van der Waals surface area contributed by atoms with Gasteiger partial charge in [-0.1, -0.05) is 67.6 Å². The Bertz CT molecular complexity index is 1130. The predicted molar refractivity (Wildman–Crippen MR) is 151 cm³/mol. The van der Waals surface area contributed by atoms with Crippen LogP contribution < -0.4 is 16.0 Å². The number of rotatable bonds is 10. The molecule has 2 saturated heterocycles. The molecule has 0 aliphatic carbocycles. The number of amides is 3. The number of carbonyl (C=O) groups excluding carboxylic acids is 4. The van der Waals surface area contributed by atoms with Crippen LogP contribution in [-0.2, 0) is 23.9 Å². The van der Waals surface area contributed by atoms with Gasteiger partial charge >= 0.3 is 5.97 Å². The van der Waals surface area contributed by atoms with E-state index < -0.39 is 24.1 Å². The summed E-state index contributed by atoms with van der Waals surface area (Å²) in [5.74, 6) is -1.63. The molecule has 3 N–H and O–H groups in total. The summed E-state index contributed by atoms with van der Waals surface area (Å²) in [4.78, 5) is 54.3. The van der Waals surface area contributed by atoms with Gasteiger partial charge in [-0.05, 0) is 50.3 Å². The maximum absolute atomic E-state index is 14.1. The van der Waals surface area contributed by atoms with Crippen molar-refractivity contribution in [2.24, 2.45) is 5.92 Å². The third-order valence-corrected chi connectivity index (χ3v) is 8.09. The number of carbonyl (C=O) groups is 4. The van der Waals surface area contributed by atoms with Crippen molar-refractivity contribution in [2.75, 3.05) is 13.7 Å². The van der Waals surface area contributed by atoms with E-state index in [0.717, 1.165) is 11.1 Å². The summed E-state index contributed by atoms with van der Waals surface area (Å²) in [6.45, 7) is 3.25. The van der Waals surface area contributed by atoms with E-state index in [9.17, 15) is 19.2 Å². The molecule has 40 heavy (non-hydrogen) atoms. The Morgan fingerprint density at radius 3 is 2.10 bits per heavy atom. The van der Waals surface area contributed by atoms with E-state index in [1.807, 2.05) is 67.6 Å². The molecule has 2 heterocycles. The fourth-order valence-corrected chi connectivity index (χ4v) is 5.94. The van der Waals surface area contributed by atoms with Crippen LogP contribution in [0.25, 0.3) is 0 Å². The van der Waals surface area contributed by atoms with Crippen LogP contribution in [0.3, 0.4) is 0 Å². The number of hydrogen-bond acceptors (Lipinski definition) is 6. The van der Waals surface area contributed by atoms with Crippen molar-refractivity contribution in [1.29, 1.82) is 0 Å². The monoisotopic (exact) mass is 548 g/mol. The molecule has 2 aliphatic heterocycles. The Hall–Kier alpha value is -3.72. The minimum atomic E-state index is -0.897. The molecule has 2 fully saturated rings. The molecule has 2 aromatic rings. The molecule has 0 radical (unpaired) electrons. The Morgan fingerprint density at radius 2 is 1.55 bits per heavy atom.